The van der Waals surface area contributed by atoms with Crippen LogP contribution in [0.25, 0.3) is 0 Å². The summed E-state index contributed by atoms with van der Waals surface area (Å²) in [7, 11) is -1.58. The highest BCUT2D eigenvalue weighted by molar-refractivity contribution is 7.91. The van der Waals surface area contributed by atoms with Gasteiger partial charge in [0, 0.05) is 13.1 Å². The Morgan fingerprint density at radius 1 is 1.28 bits per heavy atom. The number of esters is 1. The fourth-order valence-electron chi connectivity index (χ4n) is 2.75. The van der Waals surface area contributed by atoms with E-state index in [0.29, 0.717) is 17.9 Å². The summed E-state index contributed by atoms with van der Waals surface area (Å²) >= 11 is 0. The van der Waals surface area contributed by atoms with Gasteiger partial charge in [-0.25, -0.2) is 13.2 Å². The molecule has 0 N–H and O–H groups in total. The Kier molecular flexibility index (Phi) is 4.85. The number of carbonyl (C=O) groups is 2. The van der Waals surface area contributed by atoms with Gasteiger partial charge >= 0.3 is 5.97 Å². The third kappa shape index (κ3) is 4.04. The van der Waals surface area contributed by atoms with E-state index >= 15 is 0 Å². The molecule has 1 amide bonds. The lowest BCUT2D eigenvalue weighted by Gasteiger charge is -2.26. The van der Waals surface area contributed by atoms with E-state index in [4.69, 9.17) is 14.2 Å². The molecule has 25 heavy (non-hydrogen) atoms. The second-order valence-corrected chi connectivity index (χ2v) is 8.26. The Balaban J connectivity index is 1.50. The zero-order valence-electron chi connectivity index (χ0n) is 13.7. The van der Waals surface area contributed by atoms with E-state index in [2.05, 4.69) is 0 Å². The van der Waals surface area contributed by atoms with Crippen LogP contribution in [0.3, 0.4) is 0 Å². The van der Waals surface area contributed by atoms with Gasteiger partial charge in [-0.05, 0) is 18.6 Å². The number of hydrogen-bond donors (Lipinski definition) is 0. The number of rotatable bonds is 4. The maximum Gasteiger partial charge on any atom is 0.351 e. The maximum absolute atomic E-state index is 12.1. The molecule has 1 aromatic rings. The van der Waals surface area contributed by atoms with Gasteiger partial charge in [-0.15, -0.1) is 0 Å². The first-order valence-electron chi connectivity index (χ1n) is 7.87. The maximum atomic E-state index is 12.1. The first-order chi connectivity index (χ1) is 11.9. The molecule has 2 heterocycles. The van der Waals surface area contributed by atoms with Gasteiger partial charge in [-0.2, -0.15) is 0 Å². The van der Waals surface area contributed by atoms with Gasteiger partial charge < -0.3 is 19.1 Å². The summed E-state index contributed by atoms with van der Waals surface area (Å²) in [6.45, 7) is -0.464. The van der Waals surface area contributed by atoms with Crippen LogP contribution in [0.1, 0.15) is 6.42 Å². The van der Waals surface area contributed by atoms with Crippen LogP contribution in [-0.2, 0) is 24.2 Å². The highest BCUT2D eigenvalue weighted by Gasteiger charge is 2.34. The van der Waals surface area contributed by atoms with Crippen LogP contribution in [0.15, 0.2) is 24.3 Å². The zero-order valence-corrected chi connectivity index (χ0v) is 14.5. The lowest BCUT2D eigenvalue weighted by molar-refractivity contribution is -0.160. The summed E-state index contributed by atoms with van der Waals surface area (Å²) in [6, 6.07) is 6.57. The SMILES string of the molecule is CN(C(=O)COC(=O)[C@@H]1COc2ccccc2O1)[C@H]1CCS(=O)(=O)C1. The summed E-state index contributed by atoms with van der Waals surface area (Å²) in [4.78, 5) is 25.5. The molecule has 0 unspecified atom stereocenters. The number of hydrogen-bond acceptors (Lipinski definition) is 7. The molecule has 2 aliphatic rings. The molecule has 1 saturated heterocycles. The summed E-state index contributed by atoms with van der Waals surface area (Å²) in [5, 5.41) is 0. The highest BCUT2D eigenvalue weighted by atomic mass is 32.2. The Morgan fingerprint density at radius 2 is 2.00 bits per heavy atom. The van der Waals surface area contributed by atoms with Crippen LogP contribution in [0, 0.1) is 0 Å². The molecule has 1 fully saturated rings. The van der Waals surface area contributed by atoms with Gasteiger partial charge in [0.2, 0.25) is 6.10 Å². The van der Waals surface area contributed by atoms with Crippen molar-refractivity contribution < 1.29 is 32.2 Å². The average molecular weight is 369 g/mol. The molecule has 0 saturated carbocycles. The molecular weight excluding hydrogens is 350 g/mol. The van der Waals surface area contributed by atoms with Crippen molar-refractivity contribution in [1.29, 1.82) is 0 Å². The van der Waals surface area contributed by atoms with Crippen molar-refractivity contribution in [1.82, 2.24) is 4.90 Å². The molecule has 2 aliphatic heterocycles. The smallest absolute Gasteiger partial charge is 0.351 e. The van der Waals surface area contributed by atoms with E-state index in [1.807, 2.05) is 0 Å². The predicted molar refractivity (Wildman–Crippen MR) is 87.1 cm³/mol. The first kappa shape index (κ1) is 17.5. The minimum atomic E-state index is -3.09. The number of sulfone groups is 1. The number of fused-ring (bicyclic) bond motifs is 1. The normalized spacial score (nSPS) is 23.7. The number of likely N-dealkylation sites (N-methyl/N-ethyl adjacent to an activating group) is 1. The Bertz CT molecular complexity index is 776. The minimum Gasteiger partial charge on any atom is -0.485 e. The third-order valence-electron chi connectivity index (χ3n) is 4.26. The molecule has 0 aliphatic carbocycles. The molecule has 1 aromatic carbocycles. The molecule has 0 aromatic heterocycles. The fourth-order valence-corrected chi connectivity index (χ4v) is 4.52. The van der Waals surface area contributed by atoms with E-state index in [9.17, 15) is 18.0 Å². The predicted octanol–water partition coefficient (Wildman–Crippen LogP) is 0.0151. The van der Waals surface area contributed by atoms with Gasteiger partial charge in [0.25, 0.3) is 5.91 Å². The Morgan fingerprint density at radius 3 is 2.68 bits per heavy atom. The summed E-state index contributed by atoms with van der Waals surface area (Å²) < 4.78 is 38.9. The zero-order chi connectivity index (χ0) is 18.0. The van der Waals surface area contributed by atoms with Crippen molar-refractivity contribution in [2.24, 2.45) is 0 Å². The minimum absolute atomic E-state index is 0.000739. The highest BCUT2D eigenvalue weighted by Crippen LogP contribution is 2.31. The van der Waals surface area contributed by atoms with Crippen LogP contribution in [0.4, 0.5) is 0 Å². The van der Waals surface area contributed by atoms with Crippen molar-refractivity contribution in [2.45, 2.75) is 18.6 Å². The van der Waals surface area contributed by atoms with E-state index in [1.165, 1.54) is 11.9 Å². The molecular formula is C16H19NO7S. The fraction of sp³-hybridized carbons (Fsp3) is 0.500. The number of ether oxygens (including phenoxy) is 3. The second kappa shape index (κ2) is 6.91. The van der Waals surface area contributed by atoms with Gasteiger partial charge in [0.05, 0.1) is 11.5 Å². The van der Waals surface area contributed by atoms with Crippen LogP contribution in [-0.4, -0.2) is 69.1 Å². The van der Waals surface area contributed by atoms with Crippen molar-refractivity contribution in [3.05, 3.63) is 24.3 Å². The van der Waals surface area contributed by atoms with E-state index in [1.54, 1.807) is 24.3 Å². The largest absolute Gasteiger partial charge is 0.485 e. The molecule has 0 bridgehead atoms. The van der Waals surface area contributed by atoms with Gasteiger partial charge in [0.1, 0.15) is 6.61 Å². The lowest BCUT2D eigenvalue weighted by Crippen LogP contribution is -2.42. The van der Waals surface area contributed by atoms with E-state index in [0.717, 1.165) is 0 Å². The summed E-state index contributed by atoms with van der Waals surface area (Å²) in [5.74, 6) is -0.149. The number of benzene rings is 1. The first-order valence-corrected chi connectivity index (χ1v) is 9.69. The summed E-state index contributed by atoms with van der Waals surface area (Å²) in [6.07, 6.45) is -0.547. The number of carbonyl (C=O) groups excluding carboxylic acids is 2. The van der Waals surface area contributed by atoms with E-state index < -0.39 is 34.4 Å². The number of para-hydroxylation sites is 2. The van der Waals surface area contributed by atoms with Crippen molar-refractivity contribution in [2.75, 3.05) is 31.8 Å². The van der Waals surface area contributed by atoms with Gasteiger partial charge in [-0.1, -0.05) is 12.1 Å². The molecule has 2 atom stereocenters. The Hall–Kier alpha value is -2.29. The van der Waals surface area contributed by atoms with Gasteiger partial charge in [-0.3, -0.25) is 4.79 Å². The van der Waals surface area contributed by atoms with Crippen LogP contribution >= 0.6 is 0 Å². The monoisotopic (exact) mass is 369 g/mol. The molecule has 0 radical (unpaired) electrons. The lowest BCUT2D eigenvalue weighted by atomic mass is 10.2. The molecule has 136 valence electrons. The van der Waals surface area contributed by atoms with Crippen molar-refractivity contribution in [3.8, 4) is 11.5 Å². The molecule has 8 nitrogen and oxygen atoms in total. The van der Waals surface area contributed by atoms with Crippen molar-refractivity contribution in [3.63, 3.8) is 0 Å². The Labute approximate surface area is 145 Å². The number of nitrogens with zero attached hydrogens (tertiary/aromatic N) is 1. The van der Waals surface area contributed by atoms with E-state index in [-0.39, 0.29) is 24.2 Å². The molecule has 9 heteroatoms. The molecule has 3 rings (SSSR count). The quantitative estimate of drug-likeness (QED) is 0.690. The summed E-state index contributed by atoms with van der Waals surface area (Å²) in [5.41, 5.74) is 0. The average Bonchev–Trinajstić information content (AvgIpc) is 2.98. The third-order valence-corrected chi connectivity index (χ3v) is 6.01. The standard InChI is InChI=1S/C16H19NO7S/c1-17(11-6-7-25(20,21)10-11)15(18)9-23-16(19)14-8-22-12-4-2-3-5-13(12)24-14/h2-5,11,14H,6-10H2,1H3/t11-,14-/m0/s1. The number of amides is 1. The van der Waals surface area contributed by atoms with Crippen LogP contribution in [0.5, 0.6) is 11.5 Å². The topological polar surface area (TPSA) is 99.2 Å². The second-order valence-electron chi connectivity index (χ2n) is 6.03. The van der Waals surface area contributed by atoms with Crippen molar-refractivity contribution >= 4 is 21.7 Å². The van der Waals surface area contributed by atoms with Crippen LogP contribution < -0.4 is 9.47 Å². The molecule has 0 spiro atoms. The van der Waals surface area contributed by atoms with Crippen LogP contribution in [0.2, 0.25) is 0 Å². The van der Waals surface area contributed by atoms with Gasteiger partial charge in [0.15, 0.2) is 27.9 Å².